The predicted molar refractivity (Wildman–Crippen MR) is 72.2 cm³/mol. The monoisotopic (exact) mass is 253 g/mol. The van der Waals surface area contributed by atoms with E-state index >= 15 is 0 Å². The van der Waals surface area contributed by atoms with Gasteiger partial charge in [0, 0.05) is 19.2 Å². The van der Waals surface area contributed by atoms with Crippen molar-refractivity contribution in [1.29, 1.82) is 0 Å². The molecule has 1 aromatic rings. The van der Waals surface area contributed by atoms with Gasteiger partial charge in [-0.3, -0.25) is 0 Å². The Kier molecular flexibility index (Phi) is 6.54. The lowest BCUT2D eigenvalue weighted by atomic mass is 10.1. The number of nitrogens with one attached hydrogen (secondary N) is 1. The molecule has 1 atom stereocenters. The highest BCUT2D eigenvalue weighted by molar-refractivity contribution is 5.42. The third-order valence-electron chi connectivity index (χ3n) is 2.74. The van der Waals surface area contributed by atoms with Crippen molar-refractivity contribution >= 4 is 0 Å². The van der Waals surface area contributed by atoms with Crippen LogP contribution in [0.2, 0.25) is 0 Å². The Hall–Kier alpha value is -1.26. The first-order valence-electron chi connectivity index (χ1n) is 6.35. The van der Waals surface area contributed by atoms with E-state index < -0.39 is 0 Å². The Morgan fingerprint density at radius 3 is 2.72 bits per heavy atom. The molecule has 18 heavy (non-hydrogen) atoms. The minimum absolute atomic E-state index is 0.209. The third-order valence-corrected chi connectivity index (χ3v) is 2.74. The fourth-order valence-electron chi connectivity index (χ4n) is 1.68. The number of hydrogen-bond acceptors (Lipinski definition) is 4. The van der Waals surface area contributed by atoms with E-state index in [9.17, 15) is 0 Å². The van der Waals surface area contributed by atoms with E-state index in [4.69, 9.17) is 14.6 Å². The minimum atomic E-state index is 0.209. The van der Waals surface area contributed by atoms with Crippen molar-refractivity contribution in [2.24, 2.45) is 0 Å². The average molecular weight is 253 g/mol. The zero-order valence-electron chi connectivity index (χ0n) is 11.4. The summed E-state index contributed by atoms with van der Waals surface area (Å²) in [6.07, 6.45) is 0.758. The van der Waals surface area contributed by atoms with Gasteiger partial charge in [0.05, 0.1) is 13.7 Å². The number of aliphatic hydroxyl groups is 1. The molecule has 0 aliphatic rings. The average Bonchev–Trinajstić information content (AvgIpc) is 2.38. The first-order chi connectivity index (χ1) is 8.71. The first kappa shape index (κ1) is 14.8. The molecule has 0 aliphatic carbocycles. The fourth-order valence-corrected chi connectivity index (χ4v) is 1.68. The van der Waals surface area contributed by atoms with Crippen LogP contribution in [0.15, 0.2) is 18.2 Å². The van der Waals surface area contributed by atoms with E-state index in [0.717, 1.165) is 30.0 Å². The molecule has 0 heterocycles. The lowest BCUT2D eigenvalue weighted by Gasteiger charge is -2.14. The van der Waals surface area contributed by atoms with Crippen LogP contribution in [-0.2, 0) is 6.54 Å². The molecule has 0 fully saturated rings. The predicted octanol–water partition coefficient (Wildman–Crippen LogP) is 1.95. The standard InChI is InChI=1S/C14H23NO3/c1-4-18-13-6-5-12(9-14(13)17-3)10-15-11(2)7-8-16/h5-6,9,11,15-16H,4,7-8,10H2,1-3H3. The summed E-state index contributed by atoms with van der Waals surface area (Å²) < 4.78 is 10.8. The minimum Gasteiger partial charge on any atom is -0.493 e. The van der Waals surface area contributed by atoms with E-state index in [1.165, 1.54) is 0 Å². The molecule has 4 heteroatoms. The zero-order chi connectivity index (χ0) is 13.4. The van der Waals surface area contributed by atoms with Gasteiger partial charge in [0.1, 0.15) is 0 Å². The summed E-state index contributed by atoms with van der Waals surface area (Å²) in [4.78, 5) is 0. The molecule has 2 N–H and O–H groups in total. The second-order valence-corrected chi connectivity index (χ2v) is 4.21. The van der Waals surface area contributed by atoms with Crippen molar-refractivity contribution in [3.8, 4) is 11.5 Å². The highest BCUT2D eigenvalue weighted by atomic mass is 16.5. The van der Waals surface area contributed by atoms with Gasteiger partial charge < -0.3 is 19.9 Å². The molecular weight excluding hydrogens is 230 g/mol. The summed E-state index contributed by atoms with van der Waals surface area (Å²) in [6.45, 7) is 5.60. The Morgan fingerprint density at radius 1 is 1.33 bits per heavy atom. The van der Waals surface area contributed by atoms with E-state index in [0.29, 0.717) is 12.6 Å². The maximum atomic E-state index is 8.83. The van der Waals surface area contributed by atoms with E-state index in [1.807, 2.05) is 25.1 Å². The van der Waals surface area contributed by atoms with Gasteiger partial charge in [-0.15, -0.1) is 0 Å². The van der Waals surface area contributed by atoms with Crippen molar-refractivity contribution in [3.05, 3.63) is 23.8 Å². The van der Waals surface area contributed by atoms with Gasteiger partial charge in [-0.25, -0.2) is 0 Å². The molecule has 0 saturated heterocycles. The van der Waals surface area contributed by atoms with Gasteiger partial charge in [-0.1, -0.05) is 6.07 Å². The molecule has 1 aromatic carbocycles. The molecule has 1 unspecified atom stereocenters. The number of benzene rings is 1. The molecule has 0 aromatic heterocycles. The van der Waals surface area contributed by atoms with E-state index in [1.54, 1.807) is 7.11 Å². The molecule has 102 valence electrons. The summed E-state index contributed by atoms with van der Waals surface area (Å²) in [6, 6.07) is 6.22. The molecule has 0 radical (unpaired) electrons. The van der Waals surface area contributed by atoms with E-state index in [-0.39, 0.29) is 6.61 Å². The summed E-state index contributed by atoms with van der Waals surface area (Å²) in [5.74, 6) is 1.53. The van der Waals surface area contributed by atoms with Crippen molar-refractivity contribution in [1.82, 2.24) is 5.32 Å². The van der Waals surface area contributed by atoms with Crippen LogP contribution in [0.4, 0.5) is 0 Å². The lowest BCUT2D eigenvalue weighted by molar-refractivity contribution is 0.268. The number of methoxy groups -OCH3 is 1. The van der Waals surface area contributed by atoms with Crippen LogP contribution < -0.4 is 14.8 Å². The highest BCUT2D eigenvalue weighted by Gasteiger charge is 2.06. The van der Waals surface area contributed by atoms with Crippen molar-refractivity contribution in [2.75, 3.05) is 20.3 Å². The summed E-state index contributed by atoms with van der Waals surface area (Å²) in [7, 11) is 1.64. The van der Waals surface area contributed by atoms with Crippen LogP contribution in [0.1, 0.15) is 25.8 Å². The summed E-state index contributed by atoms with van der Waals surface area (Å²) in [5.41, 5.74) is 1.14. The fraction of sp³-hybridized carbons (Fsp3) is 0.571. The Labute approximate surface area is 109 Å². The summed E-state index contributed by atoms with van der Waals surface area (Å²) in [5, 5.41) is 12.2. The van der Waals surface area contributed by atoms with Crippen LogP contribution in [0, 0.1) is 0 Å². The van der Waals surface area contributed by atoms with Gasteiger partial charge in [-0.2, -0.15) is 0 Å². The Bertz CT molecular complexity index is 355. The maximum absolute atomic E-state index is 8.83. The third kappa shape index (κ3) is 4.55. The molecule has 0 amide bonds. The molecule has 4 nitrogen and oxygen atoms in total. The molecule has 0 bridgehead atoms. The first-order valence-corrected chi connectivity index (χ1v) is 6.35. The second-order valence-electron chi connectivity index (χ2n) is 4.21. The SMILES string of the molecule is CCOc1ccc(CNC(C)CCO)cc1OC. The maximum Gasteiger partial charge on any atom is 0.161 e. The number of rotatable bonds is 8. The molecule has 0 saturated carbocycles. The summed E-state index contributed by atoms with van der Waals surface area (Å²) >= 11 is 0. The van der Waals surface area contributed by atoms with Crippen LogP contribution in [0.3, 0.4) is 0 Å². The smallest absolute Gasteiger partial charge is 0.161 e. The van der Waals surface area contributed by atoms with Gasteiger partial charge in [-0.05, 0) is 38.0 Å². The van der Waals surface area contributed by atoms with Gasteiger partial charge in [0.2, 0.25) is 0 Å². The van der Waals surface area contributed by atoms with Gasteiger partial charge in [0.25, 0.3) is 0 Å². The normalized spacial score (nSPS) is 12.2. The number of aliphatic hydroxyl groups excluding tert-OH is 1. The molecule has 0 spiro atoms. The van der Waals surface area contributed by atoms with Crippen LogP contribution in [0.25, 0.3) is 0 Å². The largest absolute Gasteiger partial charge is 0.493 e. The van der Waals surface area contributed by atoms with Crippen molar-refractivity contribution < 1.29 is 14.6 Å². The lowest BCUT2D eigenvalue weighted by Crippen LogP contribution is -2.26. The quantitative estimate of drug-likeness (QED) is 0.743. The van der Waals surface area contributed by atoms with Crippen LogP contribution in [0.5, 0.6) is 11.5 Å². The molecule has 0 aliphatic heterocycles. The zero-order valence-corrected chi connectivity index (χ0v) is 11.4. The second kappa shape index (κ2) is 7.95. The topological polar surface area (TPSA) is 50.7 Å². The van der Waals surface area contributed by atoms with E-state index in [2.05, 4.69) is 12.2 Å². The Morgan fingerprint density at radius 2 is 2.11 bits per heavy atom. The van der Waals surface area contributed by atoms with Crippen LogP contribution in [-0.4, -0.2) is 31.5 Å². The van der Waals surface area contributed by atoms with Gasteiger partial charge in [0.15, 0.2) is 11.5 Å². The number of hydrogen-bond donors (Lipinski definition) is 2. The number of ether oxygens (including phenoxy) is 2. The van der Waals surface area contributed by atoms with Gasteiger partial charge >= 0.3 is 0 Å². The van der Waals surface area contributed by atoms with Crippen molar-refractivity contribution in [3.63, 3.8) is 0 Å². The van der Waals surface area contributed by atoms with Crippen molar-refractivity contribution in [2.45, 2.75) is 32.9 Å². The molecule has 1 rings (SSSR count). The highest BCUT2D eigenvalue weighted by Crippen LogP contribution is 2.27. The Balaban J connectivity index is 2.61. The molecular formula is C14H23NO3. The van der Waals surface area contributed by atoms with Crippen LogP contribution >= 0.6 is 0 Å².